The average Bonchev–Trinajstić information content (AvgIpc) is 3.11. The van der Waals surface area contributed by atoms with Gasteiger partial charge in [-0.25, -0.2) is 0 Å². The lowest BCUT2D eigenvalue weighted by molar-refractivity contribution is -0.152. The quantitative estimate of drug-likeness (QED) is 0.453. The van der Waals surface area contributed by atoms with Crippen LogP contribution in [0.5, 0.6) is 0 Å². The number of carbonyl (C=O) groups is 2. The lowest BCUT2D eigenvalue weighted by Crippen LogP contribution is -2.55. The minimum absolute atomic E-state index is 0.0441. The third kappa shape index (κ3) is 4.52. The summed E-state index contributed by atoms with van der Waals surface area (Å²) in [6, 6.07) is 9.72. The van der Waals surface area contributed by atoms with Crippen LogP contribution >= 0.6 is 0 Å². The highest BCUT2D eigenvalue weighted by Gasteiger charge is 2.65. The van der Waals surface area contributed by atoms with E-state index in [9.17, 15) is 19.8 Å². The van der Waals surface area contributed by atoms with Crippen molar-refractivity contribution < 1.29 is 24.5 Å². The number of methoxy groups -OCH3 is 1. The van der Waals surface area contributed by atoms with Crippen LogP contribution < -0.4 is 5.32 Å². The summed E-state index contributed by atoms with van der Waals surface area (Å²) in [5.74, 6) is -1.24. The number of ketones is 1. The standard InChI is InChI=1S/C29H39NO5/c1-18-9-8-12-22-14-21(17-31)19(2)26-23(13-20-10-6-5-7-11-20)30-27(33)29(22,26)24(32)15-25(35-4)28(3,34)16-18/h5-8,10-12,14,18-19,22-23,25-26,31,34H,9,13,15-17H2,1-4H3,(H,30,33)/b12-8+/t18-,19+,22-,23-,25+,26-,28-,29-/m0/s1. The lowest BCUT2D eigenvalue weighted by atomic mass is 9.54. The first-order valence-electron chi connectivity index (χ1n) is 12.8. The second kappa shape index (κ2) is 10.00. The second-order valence-electron chi connectivity index (χ2n) is 11.1. The molecule has 1 spiro atoms. The number of hydrogen-bond acceptors (Lipinski definition) is 5. The summed E-state index contributed by atoms with van der Waals surface area (Å²) in [5.41, 5.74) is -0.561. The van der Waals surface area contributed by atoms with Gasteiger partial charge in [0, 0.05) is 31.4 Å². The molecule has 0 radical (unpaired) electrons. The predicted molar refractivity (Wildman–Crippen MR) is 134 cm³/mol. The molecule has 1 fully saturated rings. The van der Waals surface area contributed by atoms with Gasteiger partial charge < -0.3 is 20.3 Å². The molecule has 1 aromatic carbocycles. The SMILES string of the molecule is CO[C@@H]1CC(=O)[C@]23C(=O)N[C@@H](Cc4ccccc4)[C@@H]2[C@H](C)C(CO)=C[C@@H]3/C=C/C[C@H](C)C[C@]1(C)O. The van der Waals surface area contributed by atoms with E-state index in [0.717, 1.165) is 11.1 Å². The maximum Gasteiger partial charge on any atom is 0.235 e. The second-order valence-corrected chi connectivity index (χ2v) is 11.1. The van der Waals surface area contributed by atoms with E-state index in [0.29, 0.717) is 19.3 Å². The maximum absolute atomic E-state index is 14.3. The third-order valence-electron chi connectivity index (χ3n) is 8.63. The lowest BCUT2D eigenvalue weighted by Gasteiger charge is -2.45. The van der Waals surface area contributed by atoms with Gasteiger partial charge >= 0.3 is 0 Å². The number of allylic oxidation sites excluding steroid dienone is 3. The molecule has 0 aromatic heterocycles. The first-order valence-corrected chi connectivity index (χ1v) is 12.8. The Kier molecular flexibility index (Phi) is 7.37. The fourth-order valence-electron chi connectivity index (χ4n) is 6.93. The van der Waals surface area contributed by atoms with E-state index in [4.69, 9.17) is 4.74 Å². The molecule has 3 aliphatic rings. The van der Waals surface area contributed by atoms with Crippen molar-refractivity contribution in [2.45, 2.75) is 64.2 Å². The Labute approximate surface area is 208 Å². The maximum atomic E-state index is 14.3. The number of ether oxygens (including phenoxy) is 1. The molecule has 35 heavy (non-hydrogen) atoms. The van der Waals surface area contributed by atoms with Gasteiger partial charge in [-0.05, 0) is 49.2 Å². The van der Waals surface area contributed by atoms with Crippen LogP contribution in [-0.2, 0) is 20.7 Å². The molecule has 1 aromatic rings. The van der Waals surface area contributed by atoms with Crippen LogP contribution in [0.15, 0.2) is 54.1 Å². The van der Waals surface area contributed by atoms with E-state index >= 15 is 0 Å². The van der Waals surface area contributed by atoms with Crippen molar-refractivity contribution in [1.29, 1.82) is 0 Å². The highest BCUT2D eigenvalue weighted by Crippen LogP contribution is 2.55. The van der Waals surface area contributed by atoms with E-state index in [-0.39, 0.29) is 48.5 Å². The van der Waals surface area contributed by atoms with Crippen LogP contribution in [0.4, 0.5) is 0 Å². The molecule has 190 valence electrons. The van der Waals surface area contributed by atoms with Crippen molar-refractivity contribution in [3.05, 3.63) is 59.7 Å². The molecule has 0 bridgehead atoms. The minimum Gasteiger partial charge on any atom is -0.392 e. The Morgan fingerprint density at radius 2 is 1.89 bits per heavy atom. The Morgan fingerprint density at radius 3 is 2.54 bits per heavy atom. The van der Waals surface area contributed by atoms with Gasteiger partial charge in [0.15, 0.2) is 5.78 Å². The number of nitrogens with one attached hydrogen (secondary N) is 1. The van der Waals surface area contributed by atoms with E-state index < -0.39 is 23.0 Å². The van der Waals surface area contributed by atoms with Crippen LogP contribution in [-0.4, -0.2) is 53.4 Å². The zero-order valence-electron chi connectivity index (χ0n) is 21.2. The van der Waals surface area contributed by atoms with Gasteiger partial charge in [-0.1, -0.05) is 62.4 Å². The highest BCUT2D eigenvalue weighted by atomic mass is 16.5. The molecule has 6 heteroatoms. The van der Waals surface area contributed by atoms with Crippen molar-refractivity contribution >= 4 is 11.7 Å². The van der Waals surface area contributed by atoms with Gasteiger partial charge in [0.05, 0.1) is 18.3 Å². The molecule has 1 heterocycles. The Hall–Kier alpha value is -2.28. The Balaban J connectivity index is 1.85. The zero-order valence-corrected chi connectivity index (χ0v) is 21.2. The summed E-state index contributed by atoms with van der Waals surface area (Å²) >= 11 is 0. The van der Waals surface area contributed by atoms with Crippen molar-refractivity contribution in [2.24, 2.45) is 29.1 Å². The fourth-order valence-corrected chi connectivity index (χ4v) is 6.93. The van der Waals surface area contributed by atoms with Crippen LogP contribution in [0.2, 0.25) is 0 Å². The molecule has 6 nitrogen and oxygen atoms in total. The molecule has 0 saturated carbocycles. The molecule has 3 N–H and O–H groups in total. The first-order chi connectivity index (χ1) is 16.6. The third-order valence-corrected chi connectivity index (χ3v) is 8.63. The smallest absolute Gasteiger partial charge is 0.235 e. The number of aliphatic hydroxyl groups is 2. The molecule has 0 unspecified atom stereocenters. The summed E-state index contributed by atoms with van der Waals surface area (Å²) in [6.45, 7) is 5.70. The van der Waals surface area contributed by atoms with E-state index in [1.54, 1.807) is 6.92 Å². The van der Waals surface area contributed by atoms with Crippen molar-refractivity contribution in [3.63, 3.8) is 0 Å². The summed E-state index contributed by atoms with van der Waals surface area (Å²) in [4.78, 5) is 28.2. The Bertz CT molecular complexity index is 1000. The number of amides is 1. The van der Waals surface area contributed by atoms with Crippen LogP contribution in [0.1, 0.15) is 45.6 Å². The topological polar surface area (TPSA) is 95.9 Å². The summed E-state index contributed by atoms with van der Waals surface area (Å²) in [6.07, 6.45) is 6.99. The van der Waals surface area contributed by atoms with Crippen molar-refractivity contribution in [2.75, 3.05) is 13.7 Å². The minimum atomic E-state index is -1.31. The molecule has 8 atom stereocenters. The van der Waals surface area contributed by atoms with E-state index in [2.05, 4.69) is 12.2 Å². The van der Waals surface area contributed by atoms with Crippen LogP contribution in [0, 0.1) is 29.1 Å². The molecule has 1 saturated heterocycles. The number of carbonyl (C=O) groups excluding carboxylic acids is 2. The highest BCUT2D eigenvalue weighted by molar-refractivity contribution is 6.09. The molecular formula is C29H39NO5. The molecule has 1 amide bonds. The van der Waals surface area contributed by atoms with Crippen LogP contribution in [0.3, 0.4) is 0 Å². The Morgan fingerprint density at radius 1 is 1.17 bits per heavy atom. The molecular weight excluding hydrogens is 442 g/mol. The summed E-state index contributed by atoms with van der Waals surface area (Å²) in [7, 11) is 1.52. The van der Waals surface area contributed by atoms with E-state index in [1.165, 1.54) is 7.11 Å². The van der Waals surface area contributed by atoms with Gasteiger partial charge in [0.25, 0.3) is 0 Å². The average molecular weight is 482 g/mol. The van der Waals surface area contributed by atoms with Gasteiger partial charge in [-0.2, -0.15) is 0 Å². The fraction of sp³-hybridized carbons (Fsp3) is 0.586. The van der Waals surface area contributed by atoms with Gasteiger partial charge in [-0.3, -0.25) is 9.59 Å². The number of Topliss-reactive ketones (excluding diaryl/α,β-unsaturated/α-hetero) is 1. The number of aliphatic hydroxyl groups excluding tert-OH is 1. The zero-order chi connectivity index (χ0) is 25.4. The molecule has 4 rings (SSSR count). The number of benzene rings is 1. The summed E-state index contributed by atoms with van der Waals surface area (Å²) < 4.78 is 5.67. The first kappa shape index (κ1) is 25.8. The van der Waals surface area contributed by atoms with E-state index in [1.807, 2.05) is 55.5 Å². The molecule has 2 aliphatic carbocycles. The van der Waals surface area contributed by atoms with Gasteiger partial charge in [0.1, 0.15) is 5.41 Å². The largest absolute Gasteiger partial charge is 0.392 e. The van der Waals surface area contributed by atoms with Crippen LogP contribution in [0.25, 0.3) is 0 Å². The molecule has 1 aliphatic heterocycles. The van der Waals surface area contributed by atoms with Gasteiger partial charge in [-0.15, -0.1) is 0 Å². The predicted octanol–water partition coefficient (Wildman–Crippen LogP) is 3.23. The van der Waals surface area contributed by atoms with Crippen molar-refractivity contribution in [3.8, 4) is 0 Å². The van der Waals surface area contributed by atoms with Crippen molar-refractivity contribution in [1.82, 2.24) is 5.32 Å². The number of hydrogen-bond donors (Lipinski definition) is 3. The monoisotopic (exact) mass is 481 g/mol. The van der Waals surface area contributed by atoms with Gasteiger partial charge in [0.2, 0.25) is 5.91 Å². The number of rotatable bonds is 4. The summed E-state index contributed by atoms with van der Waals surface area (Å²) in [5, 5.41) is 24.7. The normalized spacial score (nSPS) is 40.7.